The first-order valence-electron chi connectivity index (χ1n) is 9.03. The predicted octanol–water partition coefficient (Wildman–Crippen LogP) is 3.68. The van der Waals surface area contributed by atoms with Crippen molar-refractivity contribution in [3.63, 3.8) is 0 Å². The molecule has 25 heavy (non-hydrogen) atoms. The Labute approximate surface area is 168 Å². The Balaban J connectivity index is 0.00000312. The van der Waals surface area contributed by atoms with Gasteiger partial charge in [0, 0.05) is 31.7 Å². The Morgan fingerprint density at radius 3 is 2.56 bits per heavy atom. The molecule has 1 saturated heterocycles. The van der Waals surface area contributed by atoms with Gasteiger partial charge >= 0.3 is 0 Å². The molecule has 4 nitrogen and oxygen atoms in total. The lowest BCUT2D eigenvalue weighted by Crippen LogP contribution is -2.49. The number of hydrogen-bond acceptors (Lipinski definition) is 2. The van der Waals surface area contributed by atoms with E-state index in [1.165, 1.54) is 6.07 Å². The van der Waals surface area contributed by atoms with Gasteiger partial charge < -0.3 is 15.5 Å². The molecule has 1 aromatic rings. The largest absolute Gasteiger partial charge is 0.357 e. The van der Waals surface area contributed by atoms with Gasteiger partial charge in [0.25, 0.3) is 0 Å². The third-order valence-corrected chi connectivity index (χ3v) is 4.59. The average molecular weight is 462 g/mol. The minimum absolute atomic E-state index is 0. The first kappa shape index (κ1) is 22.2. The van der Waals surface area contributed by atoms with E-state index >= 15 is 0 Å². The second-order valence-corrected chi connectivity index (χ2v) is 6.83. The molecule has 1 aliphatic rings. The summed E-state index contributed by atoms with van der Waals surface area (Å²) in [5, 5.41) is 6.86. The van der Waals surface area contributed by atoms with Gasteiger partial charge in [-0.25, -0.2) is 9.38 Å². The number of likely N-dealkylation sites (tertiary alicyclic amines) is 1. The van der Waals surface area contributed by atoms with Crippen LogP contribution in [0.1, 0.15) is 44.7 Å². The van der Waals surface area contributed by atoms with E-state index in [9.17, 15) is 4.39 Å². The maximum absolute atomic E-state index is 13.4. The molecule has 0 radical (unpaired) electrons. The lowest BCUT2D eigenvalue weighted by Gasteiger charge is -2.35. The normalized spacial score (nSPS) is 16.6. The van der Waals surface area contributed by atoms with Crippen LogP contribution in [0.3, 0.4) is 0 Å². The van der Waals surface area contributed by atoms with Crippen LogP contribution in [0.4, 0.5) is 4.39 Å². The van der Waals surface area contributed by atoms with Gasteiger partial charge in [-0.2, -0.15) is 0 Å². The van der Waals surface area contributed by atoms with Crippen LogP contribution in [0.25, 0.3) is 0 Å². The van der Waals surface area contributed by atoms with Crippen molar-refractivity contribution in [1.82, 2.24) is 15.5 Å². The molecule has 2 rings (SSSR count). The molecule has 142 valence electrons. The summed E-state index contributed by atoms with van der Waals surface area (Å²) in [7, 11) is 0. The van der Waals surface area contributed by atoms with Crippen molar-refractivity contribution in [3.05, 3.63) is 35.1 Å². The Hall–Kier alpha value is -0.890. The highest BCUT2D eigenvalue weighted by molar-refractivity contribution is 14.0. The number of hydrogen-bond donors (Lipinski definition) is 2. The van der Waals surface area contributed by atoms with Crippen LogP contribution >= 0.6 is 24.0 Å². The van der Waals surface area contributed by atoms with Crippen LogP contribution in [0.2, 0.25) is 0 Å². The number of benzene rings is 1. The molecular formula is C19H32FIN4. The molecule has 0 saturated carbocycles. The van der Waals surface area contributed by atoms with Crippen LogP contribution in [0.5, 0.6) is 0 Å². The number of nitrogens with one attached hydrogen (secondary N) is 2. The number of guanidine groups is 1. The number of nitrogens with zero attached hydrogens (tertiary/aromatic N) is 2. The fraction of sp³-hybridized carbons (Fsp3) is 0.632. The van der Waals surface area contributed by atoms with E-state index in [2.05, 4.69) is 41.3 Å². The molecule has 1 heterocycles. The van der Waals surface area contributed by atoms with Gasteiger partial charge in [-0.3, -0.25) is 0 Å². The van der Waals surface area contributed by atoms with Gasteiger partial charge in [-0.15, -0.1) is 24.0 Å². The highest BCUT2D eigenvalue weighted by Gasteiger charge is 2.21. The van der Waals surface area contributed by atoms with E-state index in [-0.39, 0.29) is 29.8 Å². The van der Waals surface area contributed by atoms with Gasteiger partial charge in [0.1, 0.15) is 5.82 Å². The van der Waals surface area contributed by atoms with Gasteiger partial charge in [0.05, 0.1) is 6.54 Å². The second-order valence-electron chi connectivity index (χ2n) is 6.83. The zero-order chi connectivity index (χ0) is 17.5. The summed E-state index contributed by atoms with van der Waals surface area (Å²) in [5.74, 6) is 0.687. The van der Waals surface area contributed by atoms with E-state index in [0.717, 1.165) is 44.0 Å². The van der Waals surface area contributed by atoms with Crippen molar-refractivity contribution >= 4 is 29.9 Å². The first-order chi connectivity index (χ1) is 11.5. The lowest BCUT2D eigenvalue weighted by atomic mass is 10.0. The maximum Gasteiger partial charge on any atom is 0.191 e. The highest BCUT2D eigenvalue weighted by atomic mass is 127. The quantitative estimate of drug-likeness (QED) is 0.399. The number of aliphatic imine (C=N–C) groups is 1. The second kappa shape index (κ2) is 11.0. The third-order valence-electron chi connectivity index (χ3n) is 4.59. The first-order valence-corrected chi connectivity index (χ1v) is 9.03. The summed E-state index contributed by atoms with van der Waals surface area (Å²) in [4.78, 5) is 7.18. The van der Waals surface area contributed by atoms with Gasteiger partial charge in [0.2, 0.25) is 0 Å². The average Bonchev–Trinajstić information content (AvgIpc) is 2.56. The summed E-state index contributed by atoms with van der Waals surface area (Å²) >= 11 is 0. The van der Waals surface area contributed by atoms with Gasteiger partial charge in [0.15, 0.2) is 5.96 Å². The maximum atomic E-state index is 13.4. The highest BCUT2D eigenvalue weighted by Crippen LogP contribution is 2.13. The van der Waals surface area contributed by atoms with E-state index in [0.29, 0.717) is 24.2 Å². The Kier molecular flexibility index (Phi) is 9.71. The summed E-state index contributed by atoms with van der Waals surface area (Å²) in [6.07, 6.45) is 2.27. The van der Waals surface area contributed by atoms with E-state index in [1.54, 1.807) is 13.0 Å². The van der Waals surface area contributed by atoms with Crippen molar-refractivity contribution in [1.29, 1.82) is 0 Å². The number of aryl methyl sites for hydroxylation is 1. The van der Waals surface area contributed by atoms with Gasteiger partial charge in [-0.05, 0) is 57.7 Å². The summed E-state index contributed by atoms with van der Waals surface area (Å²) in [5.41, 5.74) is 1.70. The number of piperidine rings is 1. The molecule has 0 aromatic heterocycles. The van der Waals surface area contributed by atoms with E-state index < -0.39 is 0 Å². The summed E-state index contributed by atoms with van der Waals surface area (Å²) in [6.45, 7) is 12.0. The molecule has 2 N–H and O–H groups in total. The van der Waals surface area contributed by atoms with Crippen LogP contribution in [0, 0.1) is 12.7 Å². The van der Waals surface area contributed by atoms with Crippen LogP contribution in [-0.4, -0.2) is 42.6 Å². The molecule has 1 fully saturated rings. The zero-order valence-electron chi connectivity index (χ0n) is 15.8. The summed E-state index contributed by atoms with van der Waals surface area (Å²) in [6, 6.07) is 6.27. The van der Waals surface area contributed by atoms with Gasteiger partial charge in [-0.1, -0.05) is 12.1 Å². The molecule has 0 atom stereocenters. The Morgan fingerprint density at radius 1 is 1.32 bits per heavy atom. The summed E-state index contributed by atoms with van der Waals surface area (Å²) < 4.78 is 13.4. The van der Waals surface area contributed by atoms with Crippen LogP contribution < -0.4 is 10.6 Å². The molecule has 0 bridgehead atoms. The van der Waals surface area contributed by atoms with E-state index in [4.69, 9.17) is 0 Å². The predicted molar refractivity (Wildman–Crippen MR) is 114 cm³/mol. The molecular weight excluding hydrogens is 430 g/mol. The smallest absolute Gasteiger partial charge is 0.191 e. The van der Waals surface area contributed by atoms with Crippen LogP contribution in [-0.2, 0) is 6.54 Å². The third kappa shape index (κ3) is 7.09. The van der Waals surface area contributed by atoms with E-state index in [1.807, 2.05) is 6.07 Å². The fourth-order valence-corrected chi connectivity index (χ4v) is 3.05. The SMILES string of the molecule is CCNC(=NCc1ccc(F)c(C)c1)NC1CCN(C(C)C)CC1.I. The lowest BCUT2D eigenvalue weighted by molar-refractivity contribution is 0.167. The van der Waals surface area contributed by atoms with Crippen molar-refractivity contribution in [2.75, 3.05) is 19.6 Å². The topological polar surface area (TPSA) is 39.7 Å². The van der Waals surface area contributed by atoms with Crippen LogP contribution in [0.15, 0.2) is 23.2 Å². The molecule has 1 aliphatic heterocycles. The molecule has 0 amide bonds. The molecule has 0 spiro atoms. The zero-order valence-corrected chi connectivity index (χ0v) is 18.1. The Bertz CT molecular complexity index is 554. The monoisotopic (exact) mass is 462 g/mol. The number of rotatable bonds is 5. The number of halogens is 2. The molecule has 0 aliphatic carbocycles. The minimum atomic E-state index is -0.162. The molecule has 1 aromatic carbocycles. The van der Waals surface area contributed by atoms with Crippen molar-refractivity contribution in [3.8, 4) is 0 Å². The van der Waals surface area contributed by atoms with Crippen molar-refractivity contribution in [2.24, 2.45) is 4.99 Å². The molecule has 6 heteroatoms. The fourth-order valence-electron chi connectivity index (χ4n) is 3.05. The van der Waals surface area contributed by atoms with Crippen molar-refractivity contribution < 1.29 is 4.39 Å². The van der Waals surface area contributed by atoms with Crippen molar-refractivity contribution in [2.45, 2.75) is 59.2 Å². The standard InChI is InChI=1S/C19H31FN4.HI/c1-5-21-19(22-13-16-6-7-18(20)15(4)12-16)23-17-8-10-24(11-9-17)14(2)3;/h6-7,12,14,17H,5,8-11,13H2,1-4H3,(H2,21,22,23);1H. The molecule has 0 unspecified atom stereocenters. The minimum Gasteiger partial charge on any atom is -0.357 e. The Morgan fingerprint density at radius 2 is 2.00 bits per heavy atom.